The number of anilines is 1. The van der Waals surface area contributed by atoms with Gasteiger partial charge in [0.1, 0.15) is 12.2 Å². The Morgan fingerprint density at radius 2 is 1.87 bits per heavy atom. The van der Waals surface area contributed by atoms with Crippen molar-refractivity contribution in [3.63, 3.8) is 0 Å². The van der Waals surface area contributed by atoms with Crippen LogP contribution in [0.3, 0.4) is 0 Å². The number of thiazole rings is 1. The zero-order chi connectivity index (χ0) is 21.2. The molecule has 0 aliphatic carbocycles. The van der Waals surface area contributed by atoms with E-state index < -0.39 is 0 Å². The number of para-hydroxylation sites is 1. The minimum absolute atomic E-state index is 0.218. The average molecular weight is 428 g/mol. The van der Waals surface area contributed by atoms with Crippen molar-refractivity contribution in [2.24, 2.45) is 0 Å². The predicted octanol–water partition coefficient (Wildman–Crippen LogP) is 3.34. The molecule has 0 spiro atoms. The topological polar surface area (TPSA) is 94.7 Å². The van der Waals surface area contributed by atoms with Gasteiger partial charge in [-0.25, -0.2) is 9.67 Å². The molecule has 8 nitrogen and oxygen atoms in total. The van der Waals surface area contributed by atoms with Crippen LogP contribution in [0.5, 0.6) is 0 Å². The Bertz CT molecular complexity index is 1440. The number of aromatic nitrogens is 5. The summed E-state index contributed by atoms with van der Waals surface area (Å²) in [6.45, 7) is -0.218. The molecule has 0 saturated carbocycles. The number of rotatable bonds is 5. The lowest BCUT2D eigenvalue weighted by Crippen LogP contribution is -2.29. The van der Waals surface area contributed by atoms with E-state index >= 15 is 0 Å². The fraction of sp³-hybridized carbons (Fsp3) is 0.0455. The van der Waals surface area contributed by atoms with E-state index in [0.29, 0.717) is 16.6 Å². The lowest BCUT2D eigenvalue weighted by molar-refractivity contribution is -0.117. The van der Waals surface area contributed by atoms with Gasteiger partial charge in [0, 0.05) is 23.8 Å². The Hall–Kier alpha value is -4.11. The van der Waals surface area contributed by atoms with Gasteiger partial charge < -0.3 is 5.32 Å². The molecule has 1 amide bonds. The third-order valence-corrected chi connectivity index (χ3v) is 5.43. The van der Waals surface area contributed by atoms with Gasteiger partial charge in [0.05, 0.1) is 11.2 Å². The van der Waals surface area contributed by atoms with E-state index in [1.165, 1.54) is 17.4 Å². The van der Waals surface area contributed by atoms with Gasteiger partial charge >= 0.3 is 0 Å². The number of benzene rings is 1. The molecule has 0 atom stereocenters. The summed E-state index contributed by atoms with van der Waals surface area (Å²) in [6.07, 6.45) is 3.57. The number of pyridine rings is 1. The van der Waals surface area contributed by atoms with Gasteiger partial charge in [0.25, 0.3) is 5.56 Å². The van der Waals surface area contributed by atoms with Crippen LogP contribution in [-0.4, -0.2) is 30.2 Å². The molecule has 0 aliphatic rings. The molecule has 0 fully saturated rings. The van der Waals surface area contributed by atoms with Crippen LogP contribution < -0.4 is 10.9 Å². The first-order valence-corrected chi connectivity index (χ1v) is 10.4. The van der Waals surface area contributed by atoms with E-state index in [2.05, 4.69) is 20.4 Å². The Morgan fingerprint density at radius 3 is 2.74 bits per heavy atom. The second-order valence-corrected chi connectivity index (χ2v) is 7.59. The van der Waals surface area contributed by atoms with Gasteiger partial charge in [-0.15, -0.1) is 11.3 Å². The molecule has 5 rings (SSSR count). The maximum absolute atomic E-state index is 12.5. The molecule has 4 aromatic heterocycles. The zero-order valence-electron chi connectivity index (χ0n) is 16.2. The van der Waals surface area contributed by atoms with Crippen molar-refractivity contribution in [3.8, 4) is 17.2 Å². The first kappa shape index (κ1) is 18.9. The van der Waals surface area contributed by atoms with Crippen LogP contribution >= 0.6 is 11.3 Å². The predicted molar refractivity (Wildman–Crippen MR) is 119 cm³/mol. The first-order valence-electron chi connectivity index (χ1n) is 9.49. The fourth-order valence-corrected chi connectivity index (χ4v) is 3.94. The van der Waals surface area contributed by atoms with Crippen molar-refractivity contribution < 1.29 is 4.79 Å². The largest absolute Gasteiger partial charge is 0.300 e. The summed E-state index contributed by atoms with van der Waals surface area (Å²) in [6, 6.07) is 18.5. The van der Waals surface area contributed by atoms with Crippen molar-refractivity contribution in [2.45, 2.75) is 6.54 Å². The Labute approximate surface area is 180 Å². The molecule has 1 N–H and O–H groups in total. The monoisotopic (exact) mass is 428 g/mol. The van der Waals surface area contributed by atoms with Gasteiger partial charge in [-0.1, -0.05) is 24.3 Å². The quantitative estimate of drug-likeness (QED) is 0.463. The number of amides is 1. The molecule has 1 aromatic carbocycles. The van der Waals surface area contributed by atoms with Crippen LogP contribution in [0.15, 0.2) is 83.2 Å². The number of carbonyl (C=O) groups is 1. The van der Waals surface area contributed by atoms with Crippen LogP contribution in [0.1, 0.15) is 0 Å². The normalized spacial score (nSPS) is 11.0. The summed E-state index contributed by atoms with van der Waals surface area (Å²) in [5, 5.41) is 10.4. The number of hydrogen-bond acceptors (Lipinski definition) is 6. The van der Waals surface area contributed by atoms with Crippen molar-refractivity contribution >= 4 is 33.3 Å². The third-order valence-electron chi connectivity index (χ3n) is 4.67. The molecular formula is C22H16N6O2S. The summed E-state index contributed by atoms with van der Waals surface area (Å²) in [5.41, 5.74) is 2.01. The summed E-state index contributed by atoms with van der Waals surface area (Å²) < 4.78 is 3.02. The molecule has 0 radical (unpaired) electrons. The van der Waals surface area contributed by atoms with Crippen molar-refractivity contribution in [1.29, 1.82) is 0 Å². The van der Waals surface area contributed by atoms with Gasteiger partial charge in [0.15, 0.2) is 10.9 Å². The number of hydrogen-bond donors (Lipinski definition) is 1. The second-order valence-electron chi connectivity index (χ2n) is 6.73. The zero-order valence-corrected chi connectivity index (χ0v) is 17.0. The maximum Gasteiger partial charge on any atom is 0.267 e. The maximum atomic E-state index is 12.5. The molecule has 0 aliphatic heterocycles. The average Bonchev–Trinajstić information content (AvgIpc) is 3.43. The molecule has 0 bridgehead atoms. The van der Waals surface area contributed by atoms with Crippen LogP contribution in [0, 0.1) is 0 Å². The van der Waals surface area contributed by atoms with Crippen LogP contribution in [0.25, 0.3) is 28.1 Å². The highest BCUT2D eigenvalue weighted by Gasteiger charge is 2.12. The summed E-state index contributed by atoms with van der Waals surface area (Å²) >= 11 is 1.30. The third kappa shape index (κ3) is 3.86. The Morgan fingerprint density at radius 1 is 1.00 bits per heavy atom. The van der Waals surface area contributed by atoms with Crippen LogP contribution in [0.4, 0.5) is 5.13 Å². The summed E-state index contributed by atoms with van der Waals surface area (Å²) in [7, 11) is 0. The van der Waals surface area contributed by atoms with Gasteiger partial charge in [0.2, 0.25) is 5.91 Å². The highest BCUT2D eigenvalue weighted by Crippen LogP contribution is 2.23. The number of fused-ring (bicyclic) bond motifs is 1. The van der Waals surface area contributed by atoms with Crippen molar-refractivity contribution in [3.05, 3.63) is 88.8 Å². The molecule has 31 heavy (non-hydrogen) atoms. The molecule has 0 unspecified atom stereocenters. The minimum Gasteiger partial charge on any atom is -0.300 e. The number of carbonyl (C=O) groups excluding carboxylic acids is 1. The summed E-state index contributed by atoms with van der Waals surface area (Å²) in [5.74, 6) is 0.173. The van der Waals surface area contributed by atoms with Gasteiger partial charge in [-0.2, -0.15) is 5.10 Å². The van der Waals surface area contributed by atoms with E-state index in [0.717, 1.165) is 21.3 Å². The lowest BCUT2D eigenvalue weighted by atomic mass is 10.2. The molecule has 5 aromatic rings. The Balaban J connectivity index is 1.35. The molecule has 9 heteroatoms. The summed E-state index contributed by atoms with van der Waals surface area (Å²) in [4.78, 5) is 33.4. The number of nitrogens with one attached hydrogen (secondary N) is 1. The van der Waals surface area contributed by atoms with E-state index in [9.17, 15) is 9.59 Å². The van der Waals surface area contributed by atoms with E-state index in [-0.39, 0.29) is 18.0 Å². The van der Waals surface area contributed by atoms with Gasteiger partial charge in [-0.05, 0) is 35.7 Å². The molecule has 0 saturated heterocycles. The SMILES string of the molecule is O=C(Cn1nc(-n2ccc3ccccc32)ccc1=O)Nc1nc(-c2ccccn2)cs1. The fourth-order valence-electron chi connectivity index (χ4n) is 3.22. The van der Waals surface area contributed by atoms with Gasteiger partial charge in [-0.3, -0.25) is 19.1 Å². The van der Waals surface area contributed by atoms with E-state index in [4.69, 9.17) is 0 Å². The smallest absolute Gasteiger partial charge is 0.267 e. The first-order chi connectivity index (χ1) is 15.2. The van der Waals surface area contributed by atoms with E-state index in [1.807, 2.05) is 64.7 Å². The highest BCUT2D eigenvalue weighted by atomic mass is 32.1. The van der Waals surface area contributed by atoms with Crippen molar-refractivity contribution in [1.82, 2.24) is 24.3 Å². The minimum atomic E-state index is -0.383. The van der Waals surface area contributed by atoms with Crippen LogP contribution in [-0.2, 0) is 11.3 Å². The second kappa shape index (κ2) is 7.96. The van der Waals surface area contributed by atoms with Crippen molar-refractivity contribution in [2.75, 3.05) is 5.32 Å². The standard InChI is InChI=1S/C22H16N6O2S/c29-20(25-22-24-17(14-31-22)16-6-3-4-11-23-16)13-28-21(30)9-8-19(26-28)27-12-10-15-5-1-2-7-18(15)27/h1-12,14H,13H2,(H,24,25,29). The van der Waals surface area contributed by atoms with Crippen LogP contribution in [0.2, 0.25) is 0 Å². The number of nitrogens with zero attached hydrogens (tertiary/aromatic N) is 5. The molecule has 4 heterocycles. The highest BCUT2D eigenvalue weighted by molar-refractivity contribution is 7.14. The Kier molecular flexibility index (Phi) is 4.85. The molecule has 152 valence electrons. The lowest BCUT2D eigenvalue weighted by Gasteiger charge is -2.08. The van der Waals surface area contributed by atoms with E-state index in [1.54, 1.807) is 12.3 Å². The molecular weight excluding hydrogens is 412 g/mol.